The molecule has 0 amide bonds. The number of pyridine rings is 1. The molecule has 0 fully saturated rings. The van der Waals surface area contributed by atoms with Crippen molar-refractivity contribution in [1.82, 2.24) is 9.97 Å². The topological polar surface area (TPSA) is 38.9 Å². The van der Waals surface area contributed by atoms with Gasteiger partial charge in [-0.1, -0.05) is 18.5 Å². The minimum Gasteiger partial charge on any atom is -0.429 e. The summed E-state index contributed by atoms with van der Waals surface area (Å²) < 4.78 is 18.8. The third kappa shape index (κ3) is 3.31. The Morgan fingerprint density at radius 1 is 1.18 bits per heavy atom. The first-order valence-electron chi connectivity index (χ1n) is 6.70. The van der Waals surface area contributed by atoms with Gasteiger partial charge < -0.3 is 4.42 Å². The van der Waals surface area contributed by atoms with Crippen molar-refractivity contribution in [3.63, 3.8) is 0 Å². The van der Waals surface area contributed by atoms with E-state index < -0.39 is 0 Å². The molecule has 112 valence electrons. The van der Waals surface area contributed by atoms with Crippen LogP contribution < -0.4 is 0 Å². The number of halogens is 2. The molecule has 0 bridgehead atoms. The fourth-order valence-electron chi connectivity index (χ4n) is 1.87. The van der Waals surface area contributed by atoms with E-state index in [1.807, 2.05) is 13.0 Å². The maximum atomic E-state index is 13.0. The molecule has 2 heterocycles. The number of hydrogen-bond acceptors (Lipinski definition) is 4. The van der Waals surface area contributed by atoms with Gasteiger partial charge in [0.2, 0.25) is 5.89 Å². The Bertz CT molecular complexity index is 772. The summed E-state index contributed by atoms with van der Waals surface area (Å²) >= 11 is 7.23. The molecular formula is C16H12ClFN2OS. The van der Waals surface area contributed by atoms with Crippen LogP contribution in [0.1, 0.15) is 12.6 Å². The van der Waals surface area contributed by atoms with Gasteiger partial charge in [0.05, 0.1) is 10.7 Å². The van der Waals surface area contributed by atoms with Crippen LogP contribution in [0.5, 0.6) is 0 Å². The van der Waals surface area contributed by atoms with E-state index in [0.717, 1.165) is 22.7 Å². The molecule has 22 heavy (non-hydrogen) atoms. The van der Waals surface area contributed by atoms with E-state index >= 15 is 0 Å². The number of aryl methyl sites for hydroxylation is 1. The van der Waals surface area contributed by atoms with Gasteiger partial charge >= 0.3 is 0 Å². The van der Waals surface area contributed by atoms with Gasteiger partial charge in [0.15, 0.2) is 5.09 Å². The lowest BCUT2D eigenvalue weighted by atomic mass is 10.2. The first-order chi connectivity index (χ1) is 10.7. The second kappa shape index (κ2) is 6.50. The van der Waals surface area contributed by atoms with Crippen molar-refractivity contribution in [1.29, 1.82) is 0 Å². The monoisotopic (exact) mass is 334 g/mol. The molecule has 0 aliphatic carbocycles. The molecular weight excluding hydrogens is 323 g/mol. The normalized spacial score (nSPS) is 10.9. The van der Waals surface area contributed by atoms with Crippen molar-refractivity contribution in [2.75, 3.05) is 0 Å². The zero-order valence-electron chi connectivity index (χ0n) is 11.7. The van der Waals surface area contributed by atoms with Crippen molar-refractivity contribution >= 4 is 23.4 Å². The Kier molecular flexibility index (Phi) is 4.45. The first kappa shape index (κ1) is 15.1. The summed E-state index contributed by atoms with van der Waals surface area (Å²) in [6.45, 7) is 2.01. The second-order valence-electron chi connectivity index (χ2n) is 4.53. The van der Waals surface area contributed by atoms with Gasteiger partial charge in [0, 0.05) is 11.8 Å². The number of aromatic nitrogens is 2. The molecule has 0 N–H and O–H groups in total. The zero-order chi connectivity index (χ0) is 15.5. The number of hydrogen-bond donors (Lipinski definition) is 0. The molecule has 0 saturated carbocycles. The molecule has 3 aromatic rings. The standard InChI is InChI=1S/C16H12ClFN2OS/c1-2-13-16(22-14-8-5-11(17)9-19-14)21-15(20-13)10-3-6-12(18)7-4-10/h3-9H,2H2,1H3. The molecule has 0 unspecified atom stereocenters. The molecule has 0 aliphatic heterocycles. The predicted molar refractivity (Wildman–Crippen MR) is 84.6 cm³/mol. The molecule has 3 nitrogen and oxygen atoms in total. The van der Waals surface area contributed by atoms with Crippen LogP contribution >= 0.6 is 23.4 Å². The lowest BCUT2D eigenvalue weighted by molar-refractivity contribution is 0.479. The minimum absolute atomic E-state index is 0.286. The van der Waals surface area contributed by atoms with Gasteiger partial charge in [-0.25, -0.2) is 14.4 Å². The van der Waals surface area contributed by atoms with Gasteiger partial charge in [-0.2, -0.15) is 0 Å². The average molecular weight is 335 g/mol. The third-order valence-electron chi connectivity index (χ3n) is 2.99. The highest BCUT2D eigenvalue weighted by molar-refractivity contribution is 7.99. The van der Waals surface area contributed by atoms with Gasteiger partial charge in [-0.3, -0.25) is 0 Å². The summed E-state index contributed by atoms with van der Waals surface area (Å²) in [7, 11) is 0. The highest BCUT2D eigenvalue weighted by Crippen LogP contribution is 2.33. The maximum Gasteiger partial charge on any atom is 0.227 e. The summed E-state index contributed by atoms with van der Waals surface area (Å²) in [6, 6.07) is 9.68. The highest BCUT2D eigenvalue weighted by Gasteiger charge is 2.15. The van der Waals surface area contributed by atoms with Gasteiger partial charge in [0.1, 0.15) is 10.8 Å². The number of nitrogens with zero attached hydrogens (tertiary/aromatic N) is 2. The smallest absolute Gasteiger partial charge is 0.227 e. The maximum absolute atomic E-state index is 13.0. The quantitative estimate of drug-likeness (QED) is 0.653. The van der Waals surface area contributed by atoms with Crippen molar-refractivity contribution < 1.29 is 8.81 Å². The molecule has 3 rings (SSSR count). The van der Waals surface area contributed by atoms with Gasteiger partial charge in [-0.05, 0) is 54.6 Å². The molecule has 0 saturated heterocycles. The molecule has 0 aliphatic rings. The van der Waals surface area contributed by atoms with E-state index in [4.69, 9.17) is 16.0 Å². The number of oxazole rings is 1. The van der Waals surface area contributed by atoms with E-state index in [1.165, 1.54) is 23.9 Å². The van der Waals surface area contributed by atoms with Crippen molar-refractivity contribution in [2.24, 2.45) is 0 Å². The Hall–Kier alpha value is -1.85. The van der Waals surface area contributed by atoms with E-state index in [0.29, 0.717) is 16.0 Å². The lowest BCUT2D eigenvalue weighted by Crippen LogP contribution is -1.84. The van der Waals surface area contributed by atoms with Crippen LogP contribution in [0.2, 0.25) is 5.02 Å². The summed E-state index contributed by atoms with van der Waals surface area (Å²) in [5.41, 5.74) is 1.59. The second-order valence-corrected chi connectivity index (χ2v) is 5.96. The van der Waals surface area contributed by atoms with E-state index in [1.54, 1.807) is 24.4 Å². The zero-order valence-corrected chi connectivity index (χ0v) is 13.3. The largest absolute Gasteiger partial charge is 0.429 e. The lowest BCUT2D eigenvalue weighted by Gasteiger charge is -1.98. The average Bonchev–Trinajstić information content (AvgIpc) is 2.93. The van der Waals surface area contributed by atoms with Crippen LogP contribution in [-0.2, 0) is 6.42 Å². The summed E-state index contributed by atoms with van der Waals surface area (Å²) in [6.07, 6.45) is 2.33. The van der Waals surface area contributed by atoms with E-state index in [9.17, 15) is 4.39 Å². The molecule has 6 heteroatoms. The van der Waals surface area contributed by atoms with Crippen molar-refractivity contribution in [2.45, 2.75) is 23.5 Å². The Labute approximate surface area is 136 Å². The first-order valence-corrected chi connectivity index (χ1v) is 7.90. The molecule has 0 spiro atoms. The third-order valence-corrected chi connectivity index (χ3v) is 4.16. The highest BCUT2D eigenvalue weighted by atomic mass is 35.5. The number of benzene rings is 1. The number of rotatable bonds is 4. The summed E-state index contributed by atoms with van der Waals surface area (Å²) in [5.74, 6) is 0.194. The van der Waals surface area contributed by atoms with Crippen LogP contribution in [0.4, 0.5) is 4.39 Å². The van der Waals surface area contributed by atoms with Crippen LogP contribution in [0, 0.1) is 5.82 Å². The van der Waals surface area contributed by atoms with Crippen LogP contribution in [0.15, 0.2) is 57.1 Å². The molecule has 2 aromatic heterocycles. The molecule has 0 radical (unpaired) electrons. The van der Waals surface area contributed by atoms with Crippen LogP contribution in [-0.4, -0.2) is 9.97 Å². The van der Waals surface area contributed by atoms with E-state index in [2.05, 4.69) is 9.97 Å². The fourth-order valence-corrected chi connectivity index (χ4v) is 2.85. The minimum atomic E-state index is -0.286. The predicted octanol–water partition coefficient (Wildman–Crippen LogP) is 5.24. The van der Waals surface area contributed by atoms with Crippen LogP contribution in [0.25, 0.3) is 11.5 Å². The van der Waals surface area contributed by atoms with Gasteiger partial charge in [0.25, 0.3) is 0 Å². The SMILES string of the molecule is CCc1nc(-c2ccc(F)cc2)oc1Sc1ccc(Cl)cn1. The fraction of sp³-hybridized carbons (Fsp3) is 0.125. The Morgan fingerprint density at radius 3 is 2.59 bits per heavy atom. The van der Waals surface area contributed by atoms with E-state index in [-0.39, 0.29) is 5.82 Å². The molecule has 0 atom stereocenters. The molecule has 1 aromatic carbocycles. The van der Waals surface area contributed by atoms with Crippen molar-refractivity contribution in [3.8, 4) is 11.5 Å². The van der Waals surface area contributed by atoms with Gasteiger partial charge in [-0.15, -0.1) is 0 Å². The summed E-state index contributed by atoms with van der Waals surface area (Å²) in [4.78, 5) is 8.71. The summed E-state index contributed by atoms with van der Waals surface area (Å²) in [5, 5.41) is 2.06. The Balaban J connectivity index is 1.91. The van der Waals surface area contributed by atoms with Crippen molar-refractivity contribution in [3.05, 3.63) is 59.1 Å². The Morgan fingerprint density at radius 2 is 1.95 bits per heavy atom. The van der Waals surface area contributed by atoms with Crippen LogP contribution in [0.3, 0.4) is 0 Å².